The molecule has 0 bridgehead atoms. The molecule has 1 aromatic carbocycles. The summed E-state index contributed by atoms with van der Waals surface area (Å²) < 4.78 is 0. The number of benzene rings is 1. The third kappa shape index (κ3) is 6.69. The Morgan fingerprint density at radius 3 is 2.50 bits per heavy atom. The maximum absolute atomic E-state index is 12.0. The van der Waals surface area contributed by atoms with Crippen LogP contribution in [0.15, 0.2) is 60.8 Å². The lowest BCUT2D eigenvalue weighted by Crippen LogP contribution is -2.24. The van der Waals surface area contributed by atoms with E-state index in [9.17, 15) is 4.79 Å². The SMILES string of the molecule is C=CCN(CC=C)c1cc(Cl)nc(SCc2ccc(C(=O)NCCC)cc2)n1. The Hall–Kier alpha value is -2.31. The van der Waals surface area contributed by atoms with Crippen LogP contribution in [0.2, 0.25) is 5.15 Å². The van der Waals surface area contributed by atoms with Gasteiger partial charge in [-0.15, -0.1) is 13.2 Å². The molecule has 0 aliphatic rings. The second kappa shape index (κ2) is 11.5. The largest absolute Gasteiger partial charge is 0.352 e. The van der Waals surface area contributed by atoms with Crippen LogP contribution in [0.1, 0.15) is 29.3 Å². The van der Waals surface area contributed by atoms with Crippen LogP contribution in [0.4, 0.5) is 5.82 Å². The van der Waals surface area contributed by atoms with Crippen LogP contribution >= 0.6 is 23.4 Å². The molecule has 0 saturated heterocycles. The molecule has 0 saturated carbocycles. The van der Waals surface area contributed by atoms with Crippen molar-refractivity contribution in [2.45, 2.75) is 24.3 Å². The van der Waals surface area contributed by atoms with Crippen molar-refractivity contribution in [1.29, 1.82) is 0 Å². The van der Waals surface area contributed by atoms with E-state index in [1.165, 1.54) is 11.8 Å². The normalized spacial score (nSPS) is 10.4. The first-order valence-electron chi connectivity index (χ1n) is 9.08. The Balaban J connectivity index is 2.04. The first-order chi connectivity index (χ1) is 13.6. The molecule has 0 spiro atoms. The number of rotatable bonds is 11. The van der Waals surface area contributed by atoms with E-state index in [4.69, 9.17) is 11.6 Å². The van der Waals surface area contributed by atoms with Gasteiger partial charge in [-0.05, 0) is 24.1 Å². The van der Waals surface area contributed by atoms with Crippen molar-refractivity contribution < 1.29 is 4.79 Å². The minimum absolute atomic E-state index is 0.0478. The fraction of sp³-hybridized carbons (Fsp3) is 0.286. The minimum Gasteiger partial charge on any atom is -0.352 e. The second-order valence-corrected chi connectivity index (χ2v) is 7.39. The summed E-state index contributed by atoms with van der Waals surface area (Å²) >= 11 is 7.68. The van der Waals surface area contributed by atoms with Gasteiger partial charge in [-0.2, -0.15) is 0 Å². The molecule has 0 atom stereocenters. The molecule has 148 valence electrons. The van der Waals surface area contributed by atoms with Crippen molar-refractivity contribution in [3.63, 3.8) is 0 Å². The molecule has 1 amide bonds. The van der Waals surface area contributed by atoms with E-state index >= 15 is 0 Å². The molecule has 0 radical (unpaired) electrons. The van der Waals surface area contributed by atoms with Crippen molar-refractivity contribution >= 4 is 35.1 Å². The Morgan fingerprint density at radius 2 is 1.89 bits per heavy atom. The molecule has 0 aliphatic heterocycles. The van der Waals surface area contributed by atoms with Crippen LogP contribution in [0.5, 0.6) is 0 Å². The minimum atomic E-state index is -0.0478. The molecule has 5 nitrogen and oxygen atoms in total. The van der Waals surface area contributed by atoms with Gasteiger partial charge in [0.2, 0.25) is 0 Å². The fourth-order valence-corrected chi connectivity index (χ4v) is 3.46. The number of carbonyl (C=O) groups is 1. The maximum Gasteiger partial charge on any atom is 0.251 e. The van der Waals surface area contributed by atoms with Crippen molar-refractivity contribution in [3.05, 3.63) is 71.9 Å². The number of aromatic nitrogens is 2. The molecule has 2 rings (SSSR count). The zero-order valence-electron chi connectivity index (χ0n) is 16.0. The Morgan fingerprint density at radius 1 is 1.21 bits per heavy atom. The van der Waals surface area contributed by atoms with Gasteiger partial charge in [0.1, 0.15) is 11.0 Å². The van der Waals surface area contributed by atoms with Gasteiger partial charge in [-0.1, -0.05) is 54.6 Å². The molecular weight excluding hydrogens is 392 g/mol. The monoisotopic (exact) mass is 416 g/mol. The standard InChI is InChI=1S/C21H25ClN4OS/c1-4-11-23-20(27)17-9-7-16(8-10-17)15-28-21-24-18(22)14-19(25-21)26(12-5-2)13-6-3/h5-10,14H,2-4,11-13,15H2,1H3,(H,23,27). The zero-order chi connectivity index (χ0) is 20.4. The van der Waals surface area contributed by atoms with Crippen molar-refractivity contribution in [2.75, 3.05) is 24.5 Å². The molecule has 0 unspecified atom stereocenters. The van der Waals surface area contributed by atoms with E-state index in [0.29, 0.717) is 41.3 Å². The summed E-state index contributed by atoms with van der Waals surface area (Å²) in [5.41, 5.74) is 1.74. The number of hydrogen-bond acceptors (Lipinski definition) is 5. The van der Waals surface area contributed by atoms with Gasteiger partial charge in [0.15, 0.2) is 5.16 Å². The lowest BCUT2D eigenvalue weighted by molar-refractivity contribution is 0.0953. The molecule has 7 heteroatoms. The Kier molecular flexibility index (Phi) is 9.04. The molecule has 0 aliphatic carbocycles. The summed E-state index contributed by atoms with van der Waals surface area (Å²) in [4.78, 5) is 22.9. The topological polar surface area (TPSA) is 58.1 Å². The molecule has 2 aromatic rings. The van der Waals surface area contributed by atoms with Gasteiger partial charge >= 0.3 is 0 Å². The van der Waals surface area contributed by atoms with E-state index in [2.05, 4.69) is 28.4 Å². The molecule has 0 fully saturated rings. The van der Waals surface area contributed by atoms with Gasteiger partial charge < -0.3 is 10.2 Å². The maximum atomic E-state index is 12.0. The van der Waals surface area contributed by atoms with E-state index < -0.39 is 0 Å². The smallest absolute Gasteiger partial charge is 0.251 e. The van der Waals surface area contributed by atoms with Crippen molar-refractivity contribution in [2.24, 2.45) is 0 Å². The van der Waals surface area contributed by atoms with Crippen LogP contribution in [0, 0.1) is 0 Å². The van der Waals surface area contributed by atoms with Gasteiger partial charge in [-0.25, -0.2) is 9.97 Å². The predicted molar refractivity (Wildman–Crippen MR) is 118 cm³/mol. The predicted octanol–water partition coefficient (Wildman–Crippen LogP) is 4.74. The van der Waals surface area contributed by atoms with Crippen molar-refractivity contribution in [1.82, 2.24) is 15.3 Å². The van der Waals surface area contributed by atoms with Crippen LogP contribution < -0.4 is 10.2 Å². The van der Waals surface area contributed by atoms with E-state index in [0.717, 1.165) is 17.8 Å². The summed E-state index contributed by atoms with van der Waals surface area (Å²) in [6, 6.07) is 9.30. The van der Waals surface area contributed by atoms with Crippen LogP contribution in [0.25, 0.3) is 0 Å². The number of anilines is 1. The summed E-state index contributed by atoms with van der Waals surface area (Å²) in [7, 11) is 0. The van der Waals surface area contributed by atoms with E-state index in [1.54, 1.807) is 6.07 Å². The average molecular weight is 417 g/mol. The van der Waals surface area contributed by atoms with Gasteiger partial charge in [0.05, 0.1) is 0 Å². The number of nitrogens with zero attached hydrogens (tertiary/aromatic N) is 3. The highest BCUT2D eigenvalue weighted by Crippen LogP contribution is 2.25. The highest BCUT2D eigenvalue weighted by molar-refractivity contribution is 7.98. The lowest BCUT2D eigenvalue weighted by Gasteiger charge is -2.20. The third-order valence-corrected chi connectivity index (χ3v) is 4.92. The molecular formula is C21H25ClN4OS. The van der Waals surface area contributed by atoms with Crippen LogP contribution in [0.3, 0.4) is 0 Å². The molecule has 28 heavy (non-hydrogen) atoms. The van der Waals surface area contributed by atoms with Crippen LogP contribution in [-0.4, -0.2) is 35.5 Å². The van der Waals surface area contributed by atoms with E-state index in [1.807, 2.05) is 48.2 Å². The molecule has 1 heterocycles. The molecule has 1 N–H and O–H groups in total. The highest BCUT2D eigenvalue weighted by Gasteiger charge is 2.10. The number of amides is 1. The van der Waals surface area contributed by atoms with Gasteiger partial charge in [-0.3, -0.25) is 4.79 Å². The van der Waals surface area contributed by atoms with Gasteiger partial charge in [0.25, 0.3) is 5.91 Å². The fourth-order valence-electron chi connectivity index (χ4n) is 2.43. The first-order valence-corrected chi connectivity index (χ1v) is 10.4. The second-order valence-electron chi connectivity index (χ2n) is 6.06. The highest BCUT2D eigenvalue weighted by atomic mass is 35.5. The number of halogens is 1. The first kappa shape index (κ1) is 22.0. The summed E-state index contributed by atoms with van der Waals surface area (Å²) in [6.07, 6.45) is 4.54. The Bertz CT molecular complexity index is 801. The number of thioether (sulfide) groups is 1. The van der Waals surface area contributed by atoms with Crippen molar-refractivity contribution in [3.8, 4) is 0 Å². The number of nitrogens with one attached hydrogen (secondary N) is 1. The summed E-state index contributed by atoms with van der Waals surface area (Å²) in [5, 5.41) is 3.87. The molecule has 1 aromatic heterocycles. The quantitative estimate of drug-likeness (QED) is 0.248. The van der Waals surface area contributed by atoms with Gasteiger partial charge in [0, 0.05) is 37.0 Å². The van der Waals surface area contributed by atoms with E-state index in [-0.39, 0.29) is 5.91 Å². The average Bonchev–Trinajstić information content (AvgIpc) is 2.70. The summed E-state index contributed by atoms with van der Waals surface area (Å²) in [6.45, 7) is 11.6. The summed E-state index contributed by atoms with van der Waals surface area (Å²) in [5.74, 6) is 1.37. The Labute approximate surface area is 175 Å². The number of carbonyl (C=O) groups excluding carboxylic acids is 1. The third-order valence-electron chi connectivity index (χ3n) is 3.80. The lowest BCUT2D eigenvalue weighted by atomic mass is 10.1. The number of hydrogen-bond donors (Lipinski definition) is 1. The zero-order valence-corrected chi connectivity index (χ0v) is 17.6. The van der Waals surface area contributed by atoms with Crippen LogP contribution in [-0.2, 0) is 5.75 Å².